The third kappa shape index (κ3) is 2.64. The van der Waals surface area contributed by atoms with Crippen molar-refractivity contribution in [3.8, 4) is 6.07 Å². The first-order valence-electron chi connectivity index (χ1n) is 5.73. The highest BCUT2D eigenvalue weighted by Crippen LogP contribution is 2.14. The molecule has 0 atom stereocenters. The second-order valence-corrected chi connectivity index (χ2v) is 4.10. The fraction of sp³-hybridized carbons (Fsp3) is 0.154. The number of aromatic nitrogens is 2. The number of anilines is 1. The summed E-state index contributed by atoms with van der Waals surface area (Å²) in [4.78, 5) is 11.9. The Hall–Kier alpha value is -2.75. The molecule has 0 bridgehead atoms. The van der Waals surface area contributed by atoms with Gasteiger partial charge in [-0.25, -0.2) is 8.78 Å². The van der Waals surface area contributed by atoms with Crippen molar-refractivity contribution in [1.82, 2.24) is 9.78 Å². The Morgan fingerprint density at radius 1 is 1.45 bits per heavy atom. The van der Waals surface area contributed by atoms with Crippen molar-refractivity contribution in [2.24, 2.45) is 0 Å². The van der Waals surface area contributed by atoms with Gasteiger partial charge in [0.15, 0.2) is 0 Å². The van der Waals surface area contributed by atoms with Gasteiger partial charge in [0.2, 0.25) is 5.91 Å². The molecule has 20 heavy (non-hydrogen) atoms. The highest BCUT2D eigenvalue weighted by atomic mass is 19.1. The van der Waals surface area contributed by atoms with E-state index in [9.17, 15) is 13.6 Å². The lowest BCUT2D eigenvalue weighted by Crippen LogP contribution is -2.16. The number of nitrogen functional groups attached to an aromatic ring is 1. The number of hydrogen-bond acceptors (Lipinski definition) is 4. The number of rotatable bonds is 3. The molecule has 0 unspecified atom stereocenters. The van der Waals surface area contributed by atoms with Gasteiger partial charge in [0.25, 0.3) is 0 Å². The zero-order valence-corrected chi connectivity index (χ0v) is 10.3. The van der Waals surface area contributed by atoms with E-state index in [0.717, 1.165) is 22.9 Å². The maximum absolute atomic E-state index is 13.4. The maximum atomic E-state index is 13.4. The summed E-state index contributed by atoms with van der Waals surface area (Å²) in [5.41, 5.74) is 5.76. The van der Waals surface area contributed by atoms with Crippen LogP contribution in [0, 0.1) is 23.0 Å². The second kappa shape index (κ2) is 5.48. The molecule has 0 aliphatic carbocycles. The number of benzene rings is 1. The van der Waals surface area contributed by atoms with E-state index < -0.39 is 17.5 Å². The van der Waals surface area contributed by atoms with Crippen LogP contribution in [0.2, 0.25) is 0 Å². The van der Waals surface area contributed by atoms with E-state index in [1.165, 1.54) is 6.20 Å². The van der Waals surface area contributed by atoms with Crippen molar-refractivity contribution in [2.75, 3.05) is 5.73 Å². The van der Waals surface area contributed by atoms with Crippen molar-refractivity contribution in [3.05, 3.63) is 47.2 Å². The lowest BCUT2D eigenvalue weighted by molar-refractivity contribution is 0.0890. The van der Waals surface area contributed by atoms with Crippen LogP contribution >= 0.6 is 0 Å². The van der Waals surface area contributed by atoms with E-state index >= 15 is 0 Å². The summed E-state index contributed by atoms with van der Waals surface area (Å²) in [6.45, 7) is 0. The van der Waals surface area contributed by atoms with Crippen molar-refractivity contribution in [1.29, 1.82) is 5.26 Å². The van der Waals surface area contributed by atoms with Gasteiger partial charge >= 0.3 is 0 Å². The minimum atomic E-state index is -0.578. The summed E-state index contributed by atoms with van der Waals surface area (Å²) >= 11 is 0. The first-order chi connectivity index (χ1) is 9.52. The normalized spacial score (nSPS) is 10.2. The molecule has 7 heteroatoms. The highest BCUT2D eigenvalue weighted by Gasteiger charge is 2.14. The van der Waals surface area contributed by atoms with Gasteiger partial charge in [-0.15, -0.1) is 0 Å². The number of nitrogens with two attached hydrogens (primary N) is 1. The fourth-order valence-corrected chi connectivity index (χ4v) is 1.73. The zero-order chi connectivity index (χ0) is 14.7. The average molecular weight is 276 g/mol. The van der Waals surface area contributed by atoms with E-state index in [-0.39, 0.29) is 29.8 Å². The number of aryl methyl sites for hydroxylation is 1. The number of carbonyl (C=O) groups excluding carboxylic acids is 1. The topological polar surface area (TPSA) is 84.7 Å². The Morgan fingerprint density at radius 2 is 2.20 bits per heavy atom. The van der Waals surface area contributed by atoms with Crippen molar-refractivity contribution >= 4 is 11.7 Å². The molecule has 0 saturated carbocycles. The number of nitrogens with zero attached hydrogens (tertiary/aromatic N) is 3. The quantitative estimate of drug-likeness (QED) is 0.927. The first-order valence-corrected chi connectivity index (χ1v) is 5.73. The van der Waals surface area contributed by atoms with Crippen LogP contribution in [0.25, 0.3) is 0 Å². The molecule has 2 rings (SSSR count). The lowest BCUT2D eigenvalue weighted by Gasteiger charge is -2.04. The SMILES string of the molecule is N#Cc1cnn(C(=O)CCc2cc(F)ccc2F)c1N. The van der Waals surface area contributed by atoms with E-state index in [2.05, 4.69) is 5.10 Å². The molecule has 0 aliphatic heterocycles. The smallest absolute Gasteiger partial charge is 0.249 e. The van der Waals surface area contributed by atoms with Crippen LogP contribution in [0.1, 0.15) is 22.3 Å². The summed E-state index contributed by atoms with van der Waals surface area (Å²) in [6.07, 6.45) is 1.09. The first kappa shape index (κ1) is 13.7. The molecule has 102 valence electrons. The Labute approximate surface area is 113 Å². The van der Waals surface area contributed by atoms with E-state index in [1.807, 2.05) is 0 Å². The van der Waals surface area contributed by atoms with Gasteiger partial charge < -0.3 is 5.73 Å². The van der Waals surface area contributed by atoms with Crippen LogP contribution in [0.4, 0.5) is 14.6 Å². The molecule has 0 saturated heterocycles. The summed E-state index contributed by atoms with van der Waals surface area (Å²) in [6, 6.07) is 4.84. The second-order valence-electron chi connectivity index (χ2n) is 4.10. The standard InChI is InChI=1S/C13H10F2N4O/c14-10-2-3-11(15)8(5-10)1-4-12(20)19-13(17)9(6-16)7-18-19/h2-3,5,7H,1,4,17H2. The molecular formula is C13H10F2N4O. The fourth-order valence-electron chi connectivity index (χ4n) is 1.73. The molecule has 0 radical (unpaired) electrons. The van der Waals surface area contributed by atoms with Crippen LogP contribution in [0.5, 0.6) is 0 Å². The maximum Gasteiger partial charge on any atom is 0.249 e. The number of hydrogen-bond donors (Lipinski definition) is 1. The zero-order valence-electron chi connectivity index (χ0n) is 10.3. The van der Waals surface area contributed by atoms with Crippen molar-refractivity contribution in [3.63, 3.8) is 0 Å². The predicted octanol–water partition coefficient (Wildman–Crippen LogP) is 1.89. The molecule has 0 amide bonds. The monoisotopic (exact) mass is 276 g/mol. The molecule has 1 aromatic heterocycles. The minimum Gasteiger partial charge on any atom is -0.382 e. The van der Waals surface area contributed by atoms with Crippen LogP contribution in [0.15, 0.2) is 24.4 Å². The average Bonchev–Trinajstić information content (AvgIpc) is 2.80. The van der Waals surface area contributed by atoms with Crippen molar-refractivity contribution in [2.45, 2.75) is 12.8 Å². The van der Waals surface area contributed by atoms with Gasteiger partial charge in [0.05, 0.1) is 6.20 Å². The van der Waals surface area contributed by atoms with Gasteiger partial charge in [-0.1, -0.05) is 0 Å². The summed E-state index contributed by atoms with van der Waals surface area (Å²) < 4.78 is 27.3. The molecule has 0 spiro atoms. The number of carbonyl (C=O) groups is 1. The van der Waals surface area contributed by atoms with Crippen LogP contribution in [-0.2, 0) is 6.42 Å². The molecule has 1 heterocycles. The van der Waals surface area contributed by atoms with Gasteiger partial charge in [0.1, 0.15) is 29.1 Å². The third-order valence-corrected chi connectivity index (χ3v) is 2.78. The van der Waals surface area contributed by atoms with Gasteiger partial charge in [-0.3, -0.25) is 4.79 Å². The Bertz CT molecular complexity index is 703. The van der Waals surface area contributed by atoms with E-state index in [0.29, 0.717) is 0 Å². The molecule has 0 aliphatic rings. The van der Waals surface area contributed by atoms with Gasteiger partial charge in [-0.2, -0.15) is 15.0 Å². The number of halogens is 2. The minimum absolute atomic E-state index is 0.0175. The predicted molar refractivity (Wildman–Crippen MR) is 66.7 cm³/mol. The Kier molecular flexibility index (Phi) is 3.75. The van der Waals surface area contributed by atoms with Crippen LogP contribution in [0.3, 0.4) is 0 Å². The van der Waals surface area contributed by atoms with E-state index in [1.54, 1.807) is 6.07 Å². The summed E-state index contributed by atoms with van der Waals surface area (Å²) in [5, 5.41) is 12.4. The Morgan fingerprint density at radius 3 is 2.85 bits per heavy atom. The highest BCUT2D eigenvalue weighted by molar-refractivity contribution is 5.82. The van der Waals surface area contributed by atoms with Gasteiger partial charge in [0, 0.05) is 6.42 Å². The summed E-state index contributed by atoms with van der Waals surface area (Å²) in [7, 11) is 0. The lowest BCUT2D eigenvalue weighted by atomic mass is 10.1. The molecule has 5 nitrogen and oxygen atoms in total. The van der Waals surface area contributed by atoms with E-state index in [4.69, 9.17) is 11.0 Å². The molecule has 1 aromatic carbocycles. The van der Waals surface area contributed by atoms with Gasteiger partial charge in [-0.05, 0) is 30.2 Å². The largest absolute Gasteiger partial charge is 0.382 e. The molecule has 2 aromatic rings. The molecule has 2 N–H and O–H groups in total. The molecular weight excluding hydrogens is 266 g/mol. The van der Waals surface area contributed by atoms with Crippen LogP contribution in [-0.4, -0.2) is 15.7 Å². The summed E-state index contributed by atoms with van der Waals surface area (Å²) in [5.74, 6) is -1.70. The van der Waals surface area contributed by atoms with Crippen LogP contribution < -0.4 is 5.73 Å². The Balaban J connectivity index is 2.11. The number of nitriles is 1. The third-order valence-electron chi connectivity index (χ3n) is 2.78. The van der Waals surface area contributed by atoms with Crippen molar-refractivity contribution < 1.29 is 13.6 Å². The molecule has 0 fully saturated rings.